The van der Waals surface area contributed by atoms with E-state index in [1.807, 2.05) is 0 Å². The van der Waals surface area contributed by atoms with Crippen LogP contribution in [0.25, 0.3) is 11.1 Å². The molecule has 0 radical (unpaired) electrons. The number of halogens is 3. The number of hydrogen-bond donors (Lipinski definition) is 1. The van der Waals surface area contributed by atoms with E-state index in [1.54, 1.807) is 38.2 Å². The minimum absolute atomic E-state index is 0.175. The van der Waals surface area contributed by atoms with Gasteiger partial charge in [0.05, 0.1) is 0 Å². The van der Waals surface area contributed by atoms with E-state index in [1.165, 1.54) is 18.3 Å². The fraction of sp³-hybridized carbons (Fsp3) is 0.294. The van der Waals surface area contributed by atoms with Crippen molar-refractivity contribution < 1.29 is 18.0 Å². The molecule has 0 bridgehead atoms. The molecule has 0 atom stereocenters. The smallest absolute Gasteiger partial charge is 0.398 e. The Kier molecular flexibility index (Phi) is 5.11. The molecular weight excluding hydrogens is 319 g/mol. The average Bonchev–Trinajstić information content (AvgIpc) is 2.51. The standard InChI is InChI=1S/C17H18F3N3O/c1-11(2)23(10-17(18,19)20)16(24)13-5-3-4-12(8-13)14-9-22-7-6-15(14)21/h3-9,11H,10H2,1-2H3,(H2,21,22). The highest BCUT2D eigenvalue weighted by molar-refractivity contribution is 5.96. The lowest BCUT2D eigenvalue weighted by molar-refractivity contribution is -0.143. The Hall–Kier alpha value is -2.57. The van der Waals surface area contributed by atoms with Crippen LogP contribution in [0.15, 0.2) is 42.7 Å². The third-order valence-corrected chi connectivity index (χ3v) is 3.51. The molecule has 2 aromatic rings. The van der Waals surface area contributed by atoms with E-state index < -0.39 is 24.7 Å². The number of nitrogens with two attached hydrogens (primary N) is 1. The van der Waals surface area contributed by atoms with Gasteiger partial charge in [0.2, 0.25) is 0 Å². The zero-order valence-electron chi connectivity index (χ0n) is 13.3. The molecule has 128 valence electrons. The van der Waals surface area contributed by atoms with Gasteiger partial charge in [-0.3, -0.25) is 9.78 Å². The van der Waals surface area contributed by atoms with E-state index in [9.17, 15) is 18.0 Å². The maximum absolute atomic E-state index is 12.7. The van der Waals surface area contributed by atoms with E-state index in [0.717, 1.165) is 4.90 Å². The Bertz CT molecular complexity index is 729. The van der Waals surface area contributed by atoms with Gasteiger partial charge in [-0.1, -0.05) is 12.1 Å². The maximum atomic E-state index is 12.7. The number of benzene rings is 1. The number of amides is 1. The van der Waals surface area contributed by atoms with Gasteiger partial charge in [0, 0.05) is 35.2 Å². The number of nitrogen functional groups attached to an aromatic ring is 1. The van der Waals surface area contributed by atoms with E-state index in [2.05, 4.69) is 4.98 Å². The van der Waals surface area contributed by atoms with Crippen LogP contribution in [0.1, 0.15) is 24.2 Å². The largest absolute Gasteiger partial charge is 0.406 e. The first-order chi connectivity index (χ1) is 11.2. The van der Waals surface area contributed by atoms with Crippen LogP contribution in [0.5, 0.6) is 0 Å². The van der Waals surface area contributed by atoms with Gasteiger partial charge in [-0.2, -0.15) is 13.2 Å². The van der Waals surface area contributed by atoms with Crippen LogP contribution < -0.4 is 5.73 Å². The molecule has 0 spiro atoms. The summed E-state index contributed by atoms with van der Waals surface area (Å²) in [7, 11) is 0. The third kappa shape index (κ3) is 4.24. The van der Waals surface area contributed by atoms with Gasteiger partial charge in [-0.05, 0) is 37.6 Å². The number of rotatable bonds is 4. The van der Waals surface area contributed by atoms with Gasteiger partial charge >= 0.3 is 6.18 Å². The van der Waals surface area contributed by atoms with Crippen molar-refractivity contribution in [2.45, 2.75) is 26.1 Å². The molecule has 0 fully saturated rings. The Morgan fingerprint density at radius 2 is 2.00 bits per heavy atom. The Balaban J connectivity index is 2.36. The predicted octanol–water partition coefficient (Wildman–Crippen LogP) is 3.74. The highest BCUT2D eigenvalue weighted by atomic mass is 19.4. The monoisotopic (exact) mass is 337 g/mol. The highest BCUT2D eigenvalue weighted by Crippen LogP contribution is 2.26. The van der Waals surface area contributed by atoms with Gasteiger partial charge in [-0.15, -0.1) is 0 Å². The van der Waals surface area contributed by atoms with Crippen molar-refractivity contribution in [2.75, 3.05) is 12.3 Å². The number of carbonyl (C=O) groups is 1. The van der Waals surface area contributed by atoms with Crippen LogP contribution in [0.4, 0.5) is 18.9 Å². The van der Waals surface area contributed by atoms with Crippen molar-refractivity contribution >= 4 is 11.6 Å². The number of anilines is 1. The molecule has 0 saturated carbocycles. The second kappa shape index (κ2) is 6.90. The number of pyridine rings is 1. The molecule has 0 aliphatic heterocycles. The summed E-state index contributed by atoms with van der Waals surface area (Å²) in [6.07, 6.45) is -1.36. The molecule has 4 nitrogen and oxygen atoms in total. The molecule has 0 unspecified atom stereocenters. The lowest BCUT2D eigenvalue weighted by Crippen LogP contribution is -2.43. The Labute approximate surface area is 138 Å². The van der Waals surface area contributed by atoms with Gasteiger partial charge in [0.15, 0.2) is 0 Å². The van der Waals surface area contributed by atoms with Gasteiger partial charge in [0.25, 0.3) is 5.91 Å². The maximum Gasteiger partial charge on any atom is 0.406 e. The SMILES string of the molecule is CC(C)N(CC(F)(F)F)C(=O)c1cccc(-c2cnccc2N)c1. The number of hydrogen-bond acceptors (Lipinski definition) is 3. The molecule has 2 rings (SSSR count). The first-order valence-corrected chi connectivity index (χ1v) is 7.36. The molecule has 1 heterocycles. The zero-order chi connectivity index (χ0) is 17.9. The van der Waals surface area contributed by atoms with E-state index in [4.69, 9.17) is 5.73 Å². The molecule has 1 aromatic heterocycles. The van der Waals surface area contributed by atoms with E-state index in [-0.39, 0.29) is 5.56 Å². The summed E-state index contributed by atoms with van der Waals surface area (Å²) < 4.78 is 38.2. The normalized spacial score (nSPS) is 11.6. The predicted molar refractivity (Wildman–Crippen MR) is 86.3 cm³/mol. The Morgan fingerprint density at radius 1 is 1.29 bits per heavy atom. The van der Waals surface area contributed by atoms with E-state index >= 15 is 0 Å². The zero-order valence-corrected chi connectivity index (χ0v) is 13.3. The molecule has 0 saturated heterocycles. The van der Waals surface area contributed by atoms with E-state index in [0.29, 0.717) is 16.8 Å². The second-order valence-corrected chi connectivity index (χ2v) is 5.69. The number of aromatic nitrogens is 1. The number of nitrogens with zero attached hydrogens (tertiary/aromatic N) is 2. The summed E-state index contributed by atoms with van der Waals surface area (Å²) in [5, 5.41) is 0. The molecule has 0 aliphatic carbocycles. The first kappa shape index (κ1) is 17.8. The molecule has 24 heavy (non-hydrogen) atoms. The van der Waals surface area contributed by atoms with Crippen LogP contribution >= 0.6 is 0 Å². The molecular formula is C17H18F3N3O. The van der Waals surface area contributed by atoms with Gasteiger partial charge in [0.1, 0.15) is 6.54 Å². The summed E-state index contributed by atoms with van der Waals surface area (Å²) in [6, 6.07) is 7.40. The summed E-state index contributed by atoms with van der Waals surface area (Å²) in [5.74, 6) is -0.674. The molecule has 1 amide bonds. The molecule has 2 N–H and O–H groups in total. The third-order valence-electron chi connectivity index (χ3n) is 3.51. The highest BCUT2D eigenvalue weighted by Gasteiger charge is 2.34. The van der Waals surface area contributed by atoms with Crippen molar-refractivity contribution in [1.82, 2.24) is 9.88 Å². The molecule has 0 aliphatic rings. The van der Waals surface area contributed by atoms with Crippen molar-refractivity contribution in [1.29, 1.82) is 0 Å². The number of alkyl halides is 3. The summed E-state index contributed by atoms with van der Waals surface area (Å²) >= 11 is 0. The lowest BCUT2D eigenvalue weighted by atomic mass is 10.0. The van der Waals surface area contributed by atoms with Crippen LogP contribution in [0.3, 0.4) is 0 Å². The van der Waals surface area contributed by atoms with Crippen LogP contribution in [0.2, 0.25) is 0 Å². The van der Waals surface area contributed by atoms with Crippen LogP contribution in [-0.4, -0.2) is 34.6 Å². The molecule has 1 aromatic carbocycles. The van der Waals surface area contributed by atoms with Gasteiger partial charge < -0.3 is 10.6 Å². The summed E-state index contributed by atoms with van der Waals surface area (Å²) in [4.78, 5) is 17.3. The minimum Gasteiger partial charge on any atom is -0.398 e. The lowest BCUT2D eigenvalue weighted by Gasteiger charge is -2.28. The molecule has 7 heteroatoms. The van der Waals surface area contributed by atoms with Crippen LogP contribution in [-0.2, 0) is 0 Å². The van der Waals surface area contributed by atoms with Crippen LogP contribution in [0, 0.1) is 0 Å². The minimum atomic E-state index is -4.45. The summed E-state index contributed by atoms with van der Waals surface area (Å²) in [6.45, 7) is 1.81. The number of carbonyl (C=O) groups excluding carboxylic acids is 1. The van der Waals surface area contributed by atoms with Crippen molar-refractivity contribution in [3.8, 4) is 11.1 Å². The van der Waals surface area contributed by atoms with Crippen molar-refractivity contribution in [2.24, 2.45) is 0 Å². The summed E-state index contributed by atoms with van der Waals surface area (Å²) in [5.41, 5.74) is 7.79. The van der Waals surface area contributed by atoms with Gasteiger partial charge in [-0.25, -0.2) is 0 Å². The van der Waals surface area contributed by atoms with Crippen molar-refractivity contribution in [3.63, 3.8) is 0 Å². The first-order valence-electron chi connectivity index (χ1n) is 7.36. The fourth-order valence-corrected chi connectivity index (χ4v) is 2.31. The quantitative estimate of drug-likeness (QED) is 0.924. The van der Waals surface area contributed by atoms with Crippen molar-refractivity contribution in [3.05, 3.63) is 48.3 Å². The second-order valence-electron chi connectivity index (χ2n) is 5.69. The fourth-order valence-electron chi connectivity index (χ4n) is 2.31. The Morgan fingerprint density at radius 3 is 2.58 bits per heavy atom. The average molecular weight is 337 g/mol. The topological polar surface area (TPSA) is 59.2 Å².